The lowest BCUT2D eigenvalue weighted by Gasteiger charge is -2.15. The molecule has 2 rings (SSSR count). The minimum atomic E-state index is -0.625. The number of rotatable bonds is 3. The molecule has 0 radical (unpaired) electrons. The Morgan fingerprint density at radius 1 is 1.53 bits per heavy atom. The molecule has 2 aromatic rings. The highest BCUT2D eigenvalue weighted by atomic mass is 32.1. The molecule has 1 unspecified atom stereocenters. The second kappa shape index (κ2) is 5.00. The van der Waals surface area contributed by atoms with Gasteiger partial charge in [0.2, 0.25) is 5.88 Å². The number of H-pyrrole nitrogens is 1. The van der Waals surface area contributed by atoms with Crippen molar-refractivity contribution < 1.29 is 5.11 Å². The van der Waals surface area contributed by atoms with Crippen LogP contribution in [-0.2, 0) is 6.42 Å². The number of hydrogen-bond acceptors (Lipinski definition) is 5. The van der Waals surface area contributed by atoms with Crippen LogP contribution < -0.4 is 11.2 Å². The number of aromatic hydroxyl groups is 1. The second-order valence-corrected chi connectivity index (χ2v) is 5.18. The summed E-state index contributed by atoms with van der Waals surface area (Å²) < 4.78 is 1.17. The largest absolute Gasteiger partial charge is 0.494 e. The fourth-order valence-corrected chi connectivity index (χ4v) is 2.77. The Morgan fingerprint density at radius 2 is 2.21 bits per heavy atom. The first-order chi connectivity index (χ1) is 8.95. The van der Waals surface area contributed by atoms with Crippen molar-refractivity contribution in [2.24, 2.45) is 0 Å². The normalized spacial score (nSPS) is 12.6. The van der Waals surface area contributed by atoms with Crippen molar-refractivity contribution in [1.82, 2.24) is 14.5 Å². The molecule has 0 saturated carbocycles. The summed E-state index contributed by atoms with van der Waals surface area (Å²) in [6.07, 6.45) is 0.352. The predicted octanol–water partition coefficient (Wildman–Crippen LogP) is 1.18. The Hall–Kier alpha value is -1.89. The molecule has 19 heavy (non-hydrogen) atoms. The highest BCUT2D eigenvalue weighted by molar-refractivity contribution is 7.09. The van der Waals surface area contributed by atoms with Crippen LogP contribution in [0.5, 0.6) is 5.88 Å². The van der Waals surface area contributed by atoms with E-state index in [0.717, 1.165) is 5.69 Å². The minimum Gasteiger partial charge on any atom is -0.494 e. The van der Waals surface area contributed by atoms with Gasteiger partial charge in [-0.3, -0.25) is 14.3 Å². The second-order valence-electron chi connectivity index (χ2n) is 4.29. The maximum Gasteiger partial charge on any atom is 0.331 e. The zero-order chi connectivity index (χ0) is 14.2. The van der Waals surface area contributed by atoms with E-state index in [9.17, 15) is 14.7 Å². The van der Waals surface area contributed by atoms with Gasteiger partial charge < -0.3 is 5.11 Å². The first-order valence-corrected chi connectivity index (χ1v) is 6.82. The molecule has 0 fully saturated rings. The third-order valence-electron chi connectivity index (χ3n) is 2.95. The fraction of sp³-hybridized carbons (Fsp3) is 0.417. The van der Waals surface area contributed by atoms with Crippen molar-refractivity contribution in [3.63, 3.8) is 0 Å². The summed E-state index contributed by atoms with van der Waals surface area (Å²) in [5.41, 5.74) is -0.0944. The lowest BCUT2D eigenvalue weighted by molar-refractivity contribution is 0.382. The van der Waals surface area contributed by atoms with Gasteiger partial charge >= 0.3 is 5.69 Å². The first-order valence-electron chi connectivity index (χ1n) is 5.94. The van der Waals surface area contributed by atoms with Gasteiger partial charge in [-0.25, -0.2) is 9.78 Å². The zero-order valence-electron chi connectivity index (χ0n) is 10.9. The van der Waals surface area contributed by atoms with Crippen LogP contribution in [0.2, 0.25) is 0 Å². The molecule has 0 saturated heterocycles. The average Bonchev–Trinajstić information content (AvgIpc) is 2.75. The third-order valence-corrected chi connectivity index (χ3v) is 4.08. The Kier molecular flexibility index (Phi) is 3.57. The van der Waals surface area contributed by atoms with Gasteiger partial charge in [-0.2, -0.15) is 0 Å². The summed E-state index contributed by atoms with van der Waals surface area (Å²) in [6, 6.07) is -0.423. The summed E-state index contributed by atoms with van der Waals surface area (Å²) in [4.78, 5) is 30.0. The number of hydrogen-bond donors (Lipinski definition) is 2. The molecule has 0 spiro atoms. The number of nitrogens with zero attached hydrogens (tertiary/aromatic N) is 2. The van der Waals surface area contributed by atoms with E-state index >= 15 is 0 Å². The van der Waals surface area contributed by atoms with Crippen LogP contribution in [-0.4, -0.2) is 19.6 Å². The number of nitrogens with one attached hydrogen (secondary N) is 1. The van der Waals surface area contributed by atoms with E-state index < -0.39 is 17.3 Å². The highest BCUT2D eigenvalue weighted by Crippen LogP contribution is 2.24. The van der Waals surface area contributed by atoms with E-state index in [1.54, 1.807) is 13.8 Å². The summed E-state index contributed by atoms with van der Waals surface area (Å²) in [5, 5.41) is 12.7. The molecule has 0 aromatic carbocycles. The van der Waals surface area contributed by atoms with Crippen molar-refractivity contribution in [2.75, 3.05) is 0 Å². The van der Waals surface area contributed by atoms with E-state index in [-0.39, 0.29) is 11.4 Å². The van der Waals surface area contributed by atoms with Crippen LogP contribution in [0.3, 0.4) is 0 Å². The van der Waals surface area contributed by atoms with Crippen molar-refractivity contribution in [3.8, 4) is 5.88 Å². The van der Waals surface area contributed by atoms with Crippen LogP contribution >= 0.6 is 11.3 Å². The molecule has 102 valence electrons. The average molecular weight is 281 g/mol. The standard InChI is InChI=1S/C12H15N3O3S/c1-4-8-9(16)14-12(18)15(11(8)17)7(3)10-13-6(2)5-19-10/h5,7,17H,4H2,1-3H3,(H,14,16,18). The van der Waals surface area contributed by atoms with Gasteiger partial charge in [0.1, 0.15) is 5.01 Å². The Balaban J connectivity index is 2.63. The number of thiazole rings is 1. The molecule has 1 atom stereocenters. The van der Waals surface area contributed by atoms with E-state index in [2.05, 4.69) is 9.97 Å². The Labute approximate surface area is 113 Å². The topological polar surface area (TPSA) is 88.0 Å². The van der Waals surface area contributed by atoms with Gasteiger partial charge in [0.25, 0.3) is 5.56 Å². The summed E-state index contributed by atoms with van der Waals surface area (Å²) in [6.45, 7) is 5.37. The van der Waals surface area contributed by atoms with E-state index in [4.69, 9.17) is 0 Å². The molecular formula is C12H15N3O3S. The van der Waals surface area contributed by atoms with Crippen LogP contribution in [0.1, 0.15) is 36.2 Å². The van der Waals surface area contributed by atoms with E-state index in [1.807, 2.05) is 12.3 Å². The monoisotopic (exact) mass is 281 g/mol. The minimum absolute atomic E-state index is 0.208. The Bertz CT molecular complexity index is 714. The highest BCUT2D eigenvalue weighted by Gasteiger charge is 2.20. The molecular weight excluding hydrogens is 266 g/mol. The van der Waals surface area contributed by atoms with Crippen LogP contribution in [0.4, 0.5) is 0 Å². The van der Waals surface area contributed by atoms with E-state index in [1.165, 1.54) is 15.9 Å². The number of aromatic nitrogens is 3. The maximum absolute atomic E-state index is 11.9. The molecule has 2 N–H and O–H groups in total. The van der Waals surface area contributed by atoms with Crippen molar-refractivity contribution >= 4 is 11.3 Å². The smallest absolute Gasteiger partial charge is 0.331 e. The summed E-state index contributed by atoms with van der Waals surface area (Å²) >= 11 is 1.41. The molecule has 0 aliphatic heterocycles. The quantitative estimate of drug-likeness (QED) is 0.884. The molecule has 0 amide bonds. The van der Waals surface area contributed by atoms with Gasteiger partial charge in [-0.15, -0.1) is 11.3 Å². The predicted molar refractivity (Wildman–Crippen MR) is 73.0 cm³/mol. The van der Waals surface area contributed by atoms with Crippen molar-refractivity contribution in [1.29, 1.82) is 0 Å². The van der Waals surface area contributed by atoms with Gasteiger partial charge in [-0.1, -0.05) is 6.92 Å². The molecule has 2 aromatic heterocycles. The van der Waals surface area contributed by atoms with Crippen LogP contribution in [0, 0.1) is 6.92 Å². The first kappa shape index (κ1) is 13.5. The molecule has 0 bridgehead atoms. The molecule has 7 heteroatoms. The van der Waals surface area contributed by atoms with Gasteiger partial charge in [-0.05, 0) is 20.3 Å². The zero-order valence-corrected chi connectivity index (χ0v) is 11.7. The van der Waals surface area contributed by atoms with Crippen molar-refractivity contribution in [2.45, 2.75) is 33.2 Å². The number of aromatic amines is 1. The Morgan fingerprint density at radius 3 is 2.74 bits per heavy atom. The lowest BCUT2D eigenvalue weighted by Crippen LogP contribution is -2.34. The van der Waals surface area contributed by atoms with Gasteiger partial charge in [0.15, 0.2) is 0 Å². The summed E-state index contributed by atoms with van der Waals surface area (Å²) in [7, 11) is 0. The van der Waals surface area contributed by atoms with Gasteiger partial charge in [0.05, 0.1) is 11.6 Å². The maximum atomic E-state index is 11.9. The number of aryl methyl sites for hydroxylation is 1. The molecule has 0 aliphatic carbocycles. The fourth-order valence-electron chi connectivity index (χ4n) is 1.93. The van der Waals surface area contributed by atoms with Crippen LogP contribution in [0.15, 0.2) is 15.0 Å². The summed E-state index contributed by atoms with van der Waals surface area (Å²) in [5.74, 6) is -0.281. The molecule has 0 aliphatic rings. The third kappa shape index (κ3) is 2.33. The molecule has 2 heterocycles. The van der Waals surface area contributed by atoms with Gasteiger partial charge in [0, 0.05) is 11.1 Å². The lowest BCUT2D eigenvalue weighted by atomic mass is 10.2. The van der Waals surface area contributed by atoms with Crippen LogP contribution in [0.25, 0.3) is 0 Å². The van der Waals surface area contributed by atoms with Crippen molar-refractivity contribution in [3.05, 3.63) is 42.5 Å². The van der Waals surface area contributed by atoms with E-state index in [0.29, 0.717) is 11.4 Å². The molecule has 6 nitrogen and oxygen atoms in total. The SMILES string of the molecule is CCc1c(O)n(C(C)c2nc(C)cs2)c(=O)[nH]c1=O.